The Balaban J connectivity index is 3.16. The molecule has 0 aromatic heterocycles. The Morgan fingerprint density at radius 3 is 1.47 bits per heavy atom. The van der Waals surface area contributed by atoms with Gasteiger partial charge >= 0.3 is 15.6 Å². The van der Waals surface area contributed by atoms with Crippen molar-refractivity contribution >= 4 is 15.6 Å². The molecule has 11 nitrogen and oxygen atoms in total. The Morgan fingerprint density at radius 2 is 1.00 bits per heavy atom. The van der Waals surface area contributed by atoms with Gasteiger partial charge in [-0.25, -0.2) is 18.9 Å². The highest BCUT2D eigenvalue weighted by Crippen LogP contribution is 2.35. The molecular weight excluding hydrogens is 310 g/mol. The molecule has 0 spiro atoms. The number of hydrogen-bond donors (Lipinski definition) is 4. The average molecular weight is 326 g/mol. The first-order chi connectivity index (χ1) is 8.71. The molecule has 0 aromatic carbocycles. The third-order valence-corrected chi connectivity index (χ3v) is 2.35. The summed E-state index contributed by atoms with van der Waals surface area (Å²) >= 11 is 0. The maximum absolute atomic E-state index is 10.2. The molecule has 0 saturated carbocycles. The van der Waals surface area contributed by atoms with Crippen LogP contribution in [0.2, 0.25) is 0 Å². The number of phosphoric ester groups is 2. The molecule has 13 heteroatoms. The van der Waals surface area contributed by atoms with E-state index >= 15 is 0 Å². The van der Waals surface area contributed by atoms with Gasteiger partial charge in [0.05, 0.1) is 26.4 Å². The monoisotopic (exact) mass is 326 g/mol. The van der Waals surface area contributed by atoms with Crippen molar-refractivity contribution in [3.8, 4) is 0 Å². The number of hydrogen-bond acceptors (Lipinski definition) is 7. The maximum Gasteiger partial charge on any atom is 0.469 e. The Hall–Kier alpha value is 0.1000. The minimum absolute atomic E-state index is 0.0197. The minimum atomic E-state index is -4.49. The van der Waals surface area contributed by atoms with E-state index in [4.69, 9.17) is 24.3 Å². The molecule has 0 bridgehead atoms. The lowest BCUT2D eigenvalue weighted by Crippen LogP contribution is -2.10. The quantitative estimate of drug-likeness (QED) is 0.153. The lowest BCUT2D eigenvalue weighted by molar-refractivity contribution is -0.301. The van der Waals surface area contributed by atoms with Crippen molar-refractivity contribution < 1.29 is 52.3 Å². The first-order valence-corrected chi connectivity index (χ1v) is 7.99. The van der Waals surface area contributed by atoms with Crippen molar-refractivity contribution in [1.82, 2.24) is 0 Å². The van der Waals surface area contributed by atoms with Crippen LogP contribution in [0.4, 0.5) is 0 Å². The molecule has 0 amide bonds. The highest BCUT2D eigenvalue weighted by atomic mass is 31.2. The molecule has 19 heavy (non-hydrogen) atoms. The van der Waals surface area contributed by atoms with Crippen LogP contribution < -0.4 is 0 Å². The van der Waals surface area contributed by atoms with Crippen LogP contribution in [0.1, 0.15) is 0 Å². The molecule has 0 aliphatic rings. The number of rotatable bonds is 12. The Labute approximate surface area is 108 Å². The highest BCUT2D eigenvalue weighted by Gasteiger charge is 2.13. The van der Waals surface area contributed by atoms with Gasteiger partial charge in [-0.1, -0.05) is 0 Å². The van der Waals surface area contributed by atoms with E-state index in [0.29, 0.717) is 0 Å². The van der Waals surface area contributed by atoms with Gasteiger partial charge in [0, 0.05) is 0 Å². The zero-order valence-electron chi connectivity index (χ0n) is 9.78. The van der Waals surface area contributed by atoms with E-state index in [9.17, 15) is 9.13 Å². The summed E-state index contributed by atoms with van der Waals surface area (Å²) in [6, 6.07) is 0. The SMILES string of the molecule is O=P(O)(O)OCCOCCOOCCOP(=O)(O)O. The van der Waals surface area contributed by atoms with Gasteiger partial charge in [0.1, 0.15) is 13.2 Å². The van der Waals surface area contributed by atoms with Gasteiger partial charge in [-0.05, 0) is 0 Å². The molecular formula is C6H16O11P2. The second-order valence-electron chi connectivity index (χ2n) is 2.90. The molecule has 0 aliphatic heterocycles. The van der Waals surface area contributed by atoms with Gasteiger partial charge < -0.3 is 24.3 Å². The van der Waals surface area contributed by atoms with E-state index in [2.05, 4.69) is 18.8 Å². The van der Waals surface area contributed by atoms with Gasteiger partial charge in [-0.15, -0.1) is 0 Å². The van der Waals surface area contributed by atoms with Crippen molar-refractivity contribution in [3.63, 3.8) is 0 Å². The second kappa shape index (κ2) is 9.92. The largest absolute Gasteiger partial charge is 0.469 e. The van der Waals surface area contributed by atoms with Crippen molar-refractivity contribution in [2.45, 2.75) is 0 Å². The van der Waals surface area contributed by atoms with E-state index in [0.717, 1.165) is 0 Å². The van der Waals surface area contributed by atoms with Gasteiger partial charge in [-0.3, -0.25) is 9.05 Å². The smallest absolute Gasteiger partial charge is 0.377 e. The van der Waals surface area contributed by atoms with Crippen LogP contribution in [0.15, 0.2) is 0 Å². The normalized spacial score (nSPS) is 12.8. The van der Waals surface area contributed by atoms with Crippen molar-refractivity contribution in [2.75, 3.05) is 39.6 Å². The number of ether oxygens (including phenoxy) is 1. The van der Waals surface area contributed by atoms with Crippen LogP contribution in [0.3, 0.4) is 0 Å². The standard InChI is InChI=1S/C6H16O11P2/c7-18(8,9)16-5-2-13-1-3-14-15-4-6-17-19(10,11)12/h1-6H2,(H2,7,8,9)(H2,10,11,12). The maximum atomic E-state index is 10.2. The minimum Gasteiger partial charge on any atom is -0.377 e. The second-order valence-corrected chi connectivity index (χ2v) is 5.38. The van der Waals surface area contributed by atoms with Gasteiger partial charge in [0.2, 0.25) is 0 Å². The first-order valence-electron chi connectivity index (χ1n) is 4.93. The molecule has 0 radical (unpaired) electrons. The summed E-state index contributed by atoms with van der Waals surface area (Å²) in [6.45, 7) is -0.694. The molecule has 0 aliphatic carbocycles. The topological polar surface area (TPSA) is 161 Å². The van der Waals surface area contributed by atoms with E-state index in [1.54, 1.807) is 0 Å². The molecule has 0 atom stereocenters. The van der Waals surface area contributed by atoms with Crippen molar-refractivity contribution in [1.29, 1.82) is 0 Å². The molecule has 0 saturated heterocycles. The third kappa shape index (κ3) is 18.1. The van der Waals surface area contributed by atoms with Crippen LogP contribution in [0.5, 0.6) is 0 Å². The molecule has 116 valence electrons. The van der Waals surface area contributed by atoms with Crippen LogP contribution in [-0.2, 0) is 32.7 Å². The summed E-state index contributed by atoms with van der Waals surface area (Å²) < 4.78 is 33.5. The average Bonchev–Trinajstić information content (AvgIpc) is 2.22. The van der Waals surface area contributed by atoms with Crippen LogP contribution in [0, 0.1) is 0 Å². The number of phosphoric acid groups is 2. The van der Waals surface area contributed by atoms with E-state index in [1.165, 1.54) is 0 Å². The van der Waals surface area contributed by atoms with E-state index in [1.807, 2.05) is 0 Å². The van der Waals surface area contributed by atoms with Crippen LogP contribution in [0.25, 0.3) is 0 Å². The zero-order chi connectivity index (χ0) is 14.8. The predicted octanol–water partition coefficient (Wildman–Crippen LogP) is -0.830. The molecule has 0 unspecified atom stereocenters. The van der Waals surface area contributed by atoms with Gasteiger partial charge in [0.25, 0.3) is 0 Å². The fraction of sp³-hybridized carbons (Fsp3) is 1.00. The molecule has 0 aromatic rings. The fourth-order valence-corrected chi connectivity index (χ4v) is 1.34. The summed E-state index contributed by atoms with van der Waals surface area (Å²) in [5.74, 6) is 0. The van der Waals surface area contributed by atoms with Gasteiger partial charge in [0.15, 0.2) is 0 Å². The fourth-order valence-electron chi connectivity index (χ4n) is 0.718. The van der Waals surface area contributed by atoms with Crippen LogP contribution in [-0.4, -0.2) is 59.2 Å². The Morgan fingerprint density at radius 1 is 0.632 bits per heavy atom. The Bertz CT molecular complexity index is 278. The molecule has 4 N–H and O–H groups in total. The lowest BCUT2D eigenvalue weighted by Gasteiger charge is -2.07. The summed E-state index contributed by atoms with van der Waals surface area (Å²) in [4.78, 5) is 42.3. The van der Waals surface area contributed by atoms with E-state index in [-0.39, 0.29) is 39.6 Å². The van der Waals surface area contributed by atoms with Crippen molar-refractivity contribution in [2.24, 2.45) is 0 Å². The summed E-state index contributed by atoms with van der Waals surface area (Å²) in [5, 5.41) is 0. The van der Waals surface area contributed by atoms with Crippen LogP contribution >= 0.6 is 15.6 Å². The Kier molecular flexibility index (Phi) is 9.97. The summed E-state index contributed by atoms with van der Waals surface area (Å²) in [5.41, 5.74) is 0. The predicted molar refractivity (Wildman–Crippen MR) is 58.7 cm³/mol. The third-order valence-electron chi connectivity index (χ3n) is 1.31. The first kappa shape index (κ1) is 19.1. The highest BCUT2D eigenvalue weighted by molar-refractivity contribution is 7.46. The van der Waals surface area contributed by atoms with E-state index < -0.39 is 15.6 Å². The lowest BCUT2D eigenvalue weighted by atomic mass is 10.7. The molecule has 0 fully saturated rings. The van der Waals surface area contributed by atoms with Crippen molar-refractivity contribution in [3.05, 3.63) is 0 Å². The molecule has 0 rings (SSSR count). The summed E-state index contributed by atoms with van der Waals surface area (Å²) in [7, 11) is -8.96. The van der Waals surface area contributed by atoms with Gasteiger partial charge in [-0.2, -0.15) is 0 Å². The molecule has 0 heterocycles. The zero-order valence-corrected chi connectivity index (χ0v) is 11.6. The summed E-state index contributed by atoms with van der Waals surface area (Å²) in [6.07, 6.45) is 0.